The number of fused-ring (bicyclic) bond motifs is 1. The van der Waals surface area contributed by atoms with E-state index in [4.69, 9.17) is 4.42 Å². The fraction of sp³-hybridized carbons (Fsp3) is 0.263. The molecule has 1 aromatic carbocycles. The van der Waals surface area contributed by atoms with Gasteiger partial charge in [0.2, 0.25) is 0 Å². The van der Waals surface area contributed by atoms with E-state index in [1.165, 1.54) is 30.4 Å². The Bertz CT molecular complexity index is 1160. The van der Waals surface area contributed by atoms with Crippen LogP contribution in [-0.4, -0.2) is 53.0 Å². The molecule has 10 heteroatoms. The first kappa shape index (κ1) is 18.8. The highest BCUT2D eigenvalue weighted by molar-refractivity contribution is 5.83. The Morgan fingerprint density at radius 1 is 1.24 bits per heavy atom. The lowest BCUT2D eigenvalue weighted by Crippen LogP contribution is -2.44. The van der Waals surface area contributed by atoms with E-state index >= 15 is 0 Å². The number of aromatic amines is 1. The maximum absolute atomic E-state index is 14.6. The second kappa shape index (κ2) is 7.47. The molecule has 9 nitrogen and oxygen atoms in total. The van der Waals surface area contributed by atoms with E-state index in [9.17, 15) is 19.3 Å². The number of hydrogen-bond donors (Lipinski definition) is 1. The van der Waals surface area contributed by atoms with Gasteiger partial charge in [0, 0.05) is 26.2 Å². The van der Waals surface area contributed by atoms with Gasteiger partial charge in [0.15, 0.2) is 0 Å². The fourth-order valence-electron chi connectivity index (χ4n) is 3.23. The Morgan fingerprint density at radius 3 is 2.69 bits per heavy atom. The lowest BCUT2D eigenvalue weighted by atomic mass is 10.1. The van der Waals surface area contributed by atoms with Gasteiger partial charge in [-0.25, -0.2) is 9.37 Å². The van der Waals surface area contributed by atoms with Gasteiger partial charge in [-0.3, -0.25) is 14.9 Å². The standard InChI is InChI=1S/C19H18FN5O4/c1-23-6-8-24(9-7-23)16-11-15-13(10-14(16)20)19(26)22-17(21-15)4-2-12-3-5-18(29-12)25(27)28/h2-5,10-11H,6-9H2,1H3,(H,21,22,26)/b4-2+. The molecule has 150 valence electrons. The first-order chi connectivity index (χ1) is 13.9. The second-order valence-corrected chi connectivity index (χ2v) is 6.83. The number of benzene rings is 1. The molecule has 2 aromatic heterocycles. The summed E-state index contributed by atoms with van der Waals surface area (Å²) in [5.41, 5.74) is 0.318. The number of anilines is 1. The minimum absolute atomic E-state index is 0.158. The number of aromatic nitrogens is 2. The molecule has 3 aromatic rings. The number of halogens is 1. The summed E-state index contributed by atoms with van der Waals surface area (Å²) in [5, 5.41) is 10.8. The highest BCUT2D eigenvalue weighted by atomic mass is 19.1. The van der Waals surface area contributed by atoms with Crippen LogP contribution in [0.1, 0.15) is 11.6 Å². The number of hydrogen-bond acceptors (Lipinski definition) is 7. The van der Waals surface area contributed by atoms with E-state index in [0.717, 1.165) is 13.1 Å². The monoisotopic (exact) mass is 399 g/mol. The fourth-order valence-corrected chi connectivity index (χ4v) is 3.23. The highest BCUT2D eigenvalue weighted by Gasteiger charge is 2.19. The summed E-state index contributed by atoms with van der Waals surface area (Å²) in [5.74, 6) is -0.355. The molecule has 0 bridgehead atoms. The average molecular weight is 399 g/mol. The molecule has 1 saturated heterocycles. The van der Waals surface area contributed by atoms with Gasteiger partial charge < -0.3 is 19.2 Å². The van der Waals surface area contributed by atoms with Crippen LogP contribution < -0.4 is 10.5 Å². The molecule has 0 aliphatic carbocycles. The number of rotatable bonds is 4. The summed E-state index contributed by atoms with van der Waals surface area (Å²) in [6, 6.07) is 5.47. The molecule has 0 amide bonds. The lowest BCUT2D eigenvalue weighted by molar-refractivity contribution is -0.402. The minimum atomic E-state index is -0.637. The van der Waals surface area contributed by atoms with Gasteiger partial charge in [-0.2, -0.15) is 0 Å². The van der Waals surface area contributed by atoms with Gasteiger partial charge in [0.1, 0.15) is 22.3 Å². The maximum Gasteiger partial charge on any atom is 0.433 e. The van der Waals surface area contributed by atoms with Crippen molar-refractivity contribution in [3.8, 4) is 0 Å². The molecule has 4 rings (SSSR count). The summed E-state index contributed by atoms with van der Waals surface area (Å²) in [6.07, 6.45) is 2.93. The summed E-state index contributed by atoms with van der Waals surface area (Å²) < 4.78 is 19.6. The predicted octanol–water partition coefficient (Wildman–Crippen LogP) is 2.49. The van der Waals surface area contributed by atoms with Crippen molar-refractivity contribution in [1.82, 2.24) is 14.9 Å². The first-order valence-corrected chi connectivity index (χ1v) is 9.00. The largest absolute Gasteiger partial charge is 0.433 e. The van der Waals surface area contributed by atoms with E-state index in [1.807, 2.05) is 11.9 Å². The van der Waals surface area contributed by atoms with Crippen molar-refractivity contribution in [2.75, 3.05) is 38.1 Å². The molecular weight excluding hydrogens is 381 g/mol. The molecule has 1 N–H and O–H groups in total. The van der Waals surface area contributed by atoms with E-state index in [1.54, 1.807) is 6.07 Å². The molecular formula is C19H18FN5O4. The van der Waals surface area contributed by atoms with Gasteiger partial charge in [0.25, 0.3) is 5.56 Å². The van der Waals surface area contributed by atoms with Crippen molar-refractivity contribution in [2.24, 2.45) is 0 Å². The SMILES string of the molecule is CN1CCN(c2cc3nc(/C=C/c4ccc([N+](=O)[O-])o4)[nH]c(=O)c3cc2F)CC1. The molecule has 1 aliphatic rings. The number of nitrogens with one attached hydrogen (secondary N) is 1. The van der Waals surface area contributed by atoms with Crippen LogP contribution in [0.2, 0.25) is 0 Å². The molecule has 29 heavy (non-hydrogen) atoms. The Balaban J connectivity index is 1.67. The van der Waals surface area contributed by atoms with Gasteiger partial charge in [0.05, 0.1) is 22.7 Å². The number of H-pyrrole nitrogens is 1. The summed E-state index contributed by atoms with van der Waals surface area (Å²) in [6.45, 7) is 3.02. The molecule has 0 atom stereocenters. The number of piperazine rings is 1. The zero-order valence-electron chi connectivity index (χ0n) is 15.6. The van der Waals surface area contributed by atoms with Crippen molar-refractivity contribution in [1.29, 1.82) is 0 Å². The highest BCUT2D eigenvalue weighted by Crippen LogP contribution is 2.25. The quantitative estimate of drug-likeness (QED) is 0.530. The molecule has 3 heterocycles. The van der Waals surface area contributed by atoms with Crippen molar-refractivity contribution in [3.05, 3.63) is 62.1 Å². The van der Waals surface area contributed by atoms with E-state index in [-0.39, 0.29) is 22.9 Å². The van der Waals surface area contributed by atoms with Crippen LogP contribution in [0.25, 0.3) is 23.1 Å². The number of nitro groups is 1. The van der Waals surface area contributed by atoms with Crippen LogP contribution >= 0.6 is 0 Å². The van der Waals surface area contributed by atoms with Crippen molar-refractivity contribution in [2.45, 2.75) is 0 Å². The molecule has 0 radical (unpaired) electrons. The van der Waals surface area contributed by atoms with Gasteiger partial charge in [-0.05, 0) is 37.4 Å². The Kier molecular flexibility index (Phi) is 4.85. The van der Waals surface area contributed by atoms with Crippen molar-refractivity contribution < 1.29 is 13.7 Å². The Hall–Kier alpha value is -3.53. The van der Waals surface area contributed by atoms with E-state index in [2.05, 4.69) is 14.9 Å². The van der Waals surface area contributed by atoms with E-state index < -0.39 is 16.3 Å². The third-order valence-electron chi connectivity index (χ3n) is 4.83. The number of furan rings is 1. The van der Waals surface area contributed by atoms with Crippen LogP contribution in [0.3, 0.4) is 0 Å². The van der Waals surface area contributed by atoms with Crippen LogP contribution in [0.4, 0.5) is 16.0 Å². The smallest absolute Gasteiger partial charge is 0.401 e. The Labute approximate surface area is 164 Å². The van der Waals surface area contributed by atoms with Crippen molar-refractivity contribution >= 4 is 34.6 Å². The summed E-state index contributed by atoms with van der Waals surface area (Å²) in [7, 11) is 2.02. The first-order valence-electron chi connectivity index (χ1n) is 9.00. The van der Waals surface area contributed by atoms with Crippen LogP contribution in [0.5, 0.6) is 0 Å². The molecule has 1 fully saturated rings. The molecule has 1 aliphatic heterocycles. The zero-order valence-corrected chi connectivity index (χ0v) is 15.6. The Morgan fingerprint density at radius 2 is 2.00 bits per heavy atom. The van der Waals surface area contributed by atoms with Gasteiger partial charge in [-0.1, -0.05) is 0 Å². The minimum Gasteiger partial charge on any atom is -0.401 e. The summed E-state index contributed by atoms with van der Waals surface area (Å²) >= 11 is 0. The van der Waals surface area contributed by atoms with Crippen LogP contribution in [0.15, 0.2) is 33.5 Å². The normalized spacial score (nSPS) is 15.4. The van der Waals surface area contributed by atoms with Crippen LogP contribution in [-0.2, 0) is 0 Å². The van der Waals surface area contributed by atoms with E-state index in [0.29, 0.717) is 24.3 Å². The van der Waals surface area contributed by atoms with Gasteiger partial charge in [-0.15, -0.1) is 0 Å². The maximum atomic E-state index is 14.6. The number of likely N-dealkylation sites (N-methyl/N-ethyl adjacent to an activating group) is 1. The lowest BCUT2D eigenvalue weighted by Gasteiger charge is -2.34. The average Bonchev–Trinajstić information content (AvgIpc) is 3.17. The predicted molar refractivity (Wildman–Crippen MR) is 106 cm³/mol. The van der Waals surface area contributed by atoms with Crippen LogP contribution in [0, 0.1) is 15.9 Å². The zero-order chi connectivity index (χ0) is 20.5. The molecule has 0 saturated carbocycles. The third kappa shape index (κ3) is 3.87. The summed E-state index contributed by atoms with van der Waals surface area (Å²) in [4.78, 5) is 33.5. The third-order valence-corrected chi connectivity index (χ3v) is 4.83. The topological polar surface area (TPSA) is 109 Å². The molecule has 0 spiro atoms. The van der Waals surface area contributed by atoms with Crippen molar-refractivity contribution in [3.63, 3.8) is 0 Å². The number of nitrogens with zero attached hydrogens (tertiary/aromatic N) is 4. The van der Waals surface area contributed by atoms with Gasteiger partial charge >= 0.3 is 5.88 Å². The second-order valence-electron chi connectivity index (χ2n) is 6.83. The molecule has 0 unspecified atom stereocenters.